The number of aromatic nitrogens is 4. The average molecular weight is 204 g/mol. The second kappa shape index (κ2) is 3.30. The molecule has 0 aliphatic heterocycles. The number of nitrogens with one attached hydrogen (secondary N) is 1. The molecule has 0 amide bonds. The van der Waals surface area contributed by atoms with Gasteiger partial charge in [-0.1, -0.05) is 0 Å². The number of nitrogens with zero attached hydrogens (tertiary/aromatic N) is 4. The van der Waals surface area contributed by atoms with Gasteiger partial charge in [-0.15, -0.1) is 0 Å². The van der Waals surface area contributed by atoms with E-state index in [4.69, 9.17) is 11.1 Å². The third-order valence-corrected chi connectivity index (χ3v) is 2.20. The molecule has 0 unspecified atom stereocenters. The van der Waals surface area contributed by atoms with Crippen LogP contribution in [0.25, 0.3) is 5.78 Å². The molecule has 0 aliphatic carbocycles. The van der Waals surface area contributed by atoms with Crippen molar-refractivity contribution < 1.29 is 0 Å². The van der Waals surface area contributed by atoms with Crippen molar-refractivity contribution in [3.05, 3.63) is 23.3 Å². The van der Waals surface area contributed by atoms with Crippen molar-refractivity contribution in [3.63, 3.8) is 0 Å². The molecule has 0 atom stereocenters. The number of aryl methyl sites for hydroxylation is 2. The largest absolute Gasteiger partial charge is 0.387 e. The van der Waals surface area contributed by atoms with E-state index < -0.39 is 0 Å². The highest BCUT2D eigenvalue weighted by molar-refractivity contribution is 5.79. The Hall–Kier alpha value is -1.98. The lowest BCUT2D eigenvalue weighted by atomic mass is 10.3. The molecular formula is C9H12N6. The van der Waals surface area contributed by atoms with Gasteiger partial charge in [0.05, 0.1) is 29.1 Å². The molecule has 15 heavy (non-hydrogen) atoms. The lowest BCUT2D eigenvalue weighted by Crippen LogP contribution is -2.15. The molecule has 2 rings (SSSR count). The van der Waals surface area contributed by atoms with Crippen LogP contribution in [0.3, 0.4) is 0 Å². The maximum Gasteiger partial charge on any atom is 0.251 e. The monoisotopic (exact) mass is 204 g/mol. The minimum Gasteiger partial charge on any atom is -0.387 e. The highest BCUT2D eigenvalue weighted by Crippen LogP contribution is 2.06. The van der Waals surface area contributed by atoms with Crippen molar-refractivity contribution in [1.82, 2.24) is 19.6 Å². The molecule has 0 radical (unpaired) electrons. The summed E-state index contributed by atoms with van der Waals surface area (Å²) < 4.78 is 1.63. The van der Waals surface area contributed by atoms with Crippen LogP contribution in [-0.4, -0.2) is 25.4 Å². The van der Waals surface area contributed by atoms with Crippen LogP contribution in [0.2, 0.25) is 0 Å². The summed E-state index contributed by atoms with van der Waals surface area (Å²) in [6.07, 6.45) is 1.99. The molecule has 0 saturated carbocycles. The fourth-order valence-corrected chi connectivity index (χ4v) is 1.32. The maximum atomic E-state index is 7.23. The molecule has 0 aromatic carbocycles. The fraction of sp³-hybridized carbons (Fsp3) is 0.333. The summed E-state index contributed by atoms with van der Waals surface area (Å²) in [5, 5.41) is 11.6. The van der Waals surface area contributed by atoms with E-state index in [0.29, 0.717) is 12.2 Å². The SMILES string of the molecule is Cc1nc2ncc(CC(=N)N)n2nc1C. The molecule has 3 N–H and O–H groups in total. The van der Waals surface area contributed by atoms with Gasteiger partial charge in [0.1, 0.15) is 0 Å². The van der Waals surface area contributed by atoms with Crippen molar-refractivity contribution in [1.29, 1.82) is 5.41 Å². The van der Waals surface area contributed by atoms with Crippen LogP contribution in [0.15, 0.2) is 6.20 Å². The molecule has 2 heterocycles. The summed E-state index contributed by atoms with van der Waals surface area (Å²) in [4.78, 5) is 8.39. The van der Waals surface area contributed by atoms with Crippen LogP contribution in [0.1, 0.15) is 17.1 Å². The minimum atomic E-state index is 0.0943. The van der Waals surface area contributed by atoms with Crippen molar-refractivity contribution >= 4 is 11.6 Å². The summed E-state index contributed by atoms with van der Waals surface area (Å²) >= 11 is 0. The predicted molar refractivity (Wildman–Crippen MR) is 55.9 cm³/mol. The molecule has 2 aromatic heterocycles. The minimum absolute atomic E-state index is 0.0943. The first-order chi connectivity index (χ1) is 7.08. The Morgan fingerprint density at radius 2 is 2.20 bits per heavy atom. The predicted octanol–water partition coefficient (Wildman–Crippen LogP) is 0.220. The third kappa shape index (κ3) is 1.65. The Morgan fingerprint density at radius 1 is 1.47 bits per heavy atom. The van der Waals surface area contributed by atoms with E-state index >= 15 is 0 Å². The number of amidine groups is 1. The quantitative estimate of drug-likeness (QED) is 0.540. The molecule has 6 heteroatoms. The van der Waals surface area contributed by atoms with Gasteiger partial charge < -0.3 is 5.73 Å². The van der Waals surface area contributed by atoms with Gasteiger partial charge in [0, 0.05) is 6.42 Å². The van der Waals surface area contributed by atoms with Crippen LogP contribution in [0, 0.1) is 19.3 Å². The smallest absolute Gasteiger partial charge is 0.251 e. The van der Waals surface area contributed by atoms with Crippen LogP contribution in [0.5, 0.6) is 0 Å². The van der Waals surface area contributed by atoms with Gasteiger partial charge >= 0.3 is 0 Å². The lowest BCUT2D eigenvalue weighted by Gasteiger charge is -2.01. The van der Waals surface area contributed by atoms with Gasteiger partial charge in [-0.25, -0.2) is 14.5 Å². The van der Waals surface area contributed by atoms with E-state index in [1.165, 1.54) is 0 Å². The van der Waals surface area contributed by atoms with E-state index in [1.54, 1.807) is 10.7 Å². The first-order valence-corrected chi connectivity index (χ1v) is 4.58. The summed E-state index contributed by atoms with van der Waals surface area (Å²) in [6.45, 7) is 3.78. The summed E-state index contributed by atoms with van der Waals surface area (Å²) in [5.41, 5.74) is 7.84. The van der Waals surface area contributed by atoms with Gasteiger partial charge in [0.2, 0.25) is 0 Å². The zero-order chi connectivity index (χ0) is 11.0. The molecule has 0 bridgehead atoms. The molecule has 6 nitrogen and oxygen atoms in total. The van der Waals surface area contributed by atoms with Crippen LogP contribution in [0.4, 0.5) is 0 Å². The molecular weight excluding hydrogens is 192 g/mol. The van der Waals surface area contributed by atoms with E-state index in [2.05, 4.69) is 15.1 Å². The van der Waals surface area contributed by atoms with E-state index in [0.717, 1.165) is 17.1 Å². The molecule has 0 spiro atoms. The molecule has 0 fully saturated rings. The van der Waals surface area contributed by atoms with Crippen molar-refractivity contribution in [2.45, 2.75) is 20.3 Å². The standard InChI is InChI=1S/C9H12N6/c1-5-6(2)14-15-7(3-8(10)11)4-12-9(15)13-5/h4H,3H2,1-2H3,(H3,10,11). The third-order valence-electron chi connectivity index (χ3n) is 2.20. The number of fused-ring (bicyclic) bond motifs is 1. The van der Waals surface area contributed by atoms with E-state index in [-0.39, 0.29) is 5.84 Å². The average Bonchev–Trinajstić information content (AvgIpc) is 2.49. The first kappa shape index (κ1) is 9.57. The van der Waals surface area contributed by atoms with E-state index in [1.807, 2.05) is 13.8 Å². The number of rotatable bonds is 2. The number of hydrogen-bond donors (Lipinski definition) is 2. The summed E-state index contributed by atoms with van der Waals surface area (Å²) in [6, 6.07) is 0. The topological polar surface area (TPSA) is 93.0 Å². The Balaban J connectivity index is 2.59. The molecule has 0 saturated heterocycles. The summed E-state index contributed by atoms with van der Waals surface area (Å²) in [5.74, 6) is 0.645. The van der Waals surface area contributed by atoms with Gasteiger partial charge in [0.15, 0.2) is 0 Å². The first-order valence-electron chi connectivity index (χ1n) is 4.58. The van der Waals surface area contributed by atoms with Crippen LogP contribution >= 0.6 is 0 Å². The van der Waals surface area contributed by atoms with Gasteiger partial charge in [-0.2, -0.15) is 5.10 Å². The fourth-order valence-electron chi connectivity index (χ4n) is 1.32. The van der Waals surface area contributed by atoms with Crippen molar-refractivity contribution in [2.75, 3.05) is 0 Å². The van der Waals surface area contributed by atoms with Gasteiger partial charge in [-0.3, -0.25) is 5.41 Å². The zero-order valence-electron chi connectivity index (χ0n) is 8.65. The van der Waals surface area contributed by atoms with Crippen molar-refractivity contribution in [2.24, 2.45) is 5.73 Å². The summed E-state index contributed by atoms with van der Waals surface area (Å²) in [7, 11) is 0. The molecule has 0 aliphatic rings. The lowest BCUT2D eigenvalue weighted by molar-refractivity contribution is 0.817. The molecule has 78 valence electrons. The zero-order valence-corrected chi connectivity index (χ0v) is 8.65. The molecule has 2 aromatic rings. The van der Waals surface area contributed by atoms with E-state index in [9.17, 15) is 0 Å². The normalized spacial score (nSPS) is 10.8. The van der Waals surface area contributed by atoms with Crippen LogP contribution in [-0.2, 0) is 6.42 Å². The van der Waals surface area contributed by atoms with Crippen molar-refractivity contribution in [3.8, 4) is 0 Å². The highest BCUT2D eigenvalue weighted by atomic mass is 15.3. The Labute approximate surface area is 86.7 Å². The highest BCUT2D eigenvalue weighted by Gasteiger charge is 2.08. The van der Waals surface area contributed by atoms with Gasteiger partial charge in [0.25, 0.3) is 5.78 Å². The number of nitrogens with two attached hydrogens (primary N) is 1. The Bertz CT molecular complexity index is 527. The van der Waals surface area contributed by atoms with Crippen LogP contribution < -0.4 is 5.73 Å². The Kier molecular flexibility index (Phi) is 2.11. The van der Waals surface area contributed by atoms with Gasteiger partial charge in [-0.05, 0) is 13.8 Å². The number of hydrogen-bond acceptors (Lipinski definition) is 4. The maximum absolute atomic E-state index is 7.23. The Morgan fingerprint density at radius 3 is 2.87 bits per heavy atom. The number of imidazole rings is 1. The second-order valence-corrected chi connectivity index (χ2v) is 3.45. The second-order valence-electron chi connectivity index (χ2n) is 3.45.